The molecule has 3 aromatic rings. The number of nitrogens with zero attached hydrogens (tertiary/aromatic N) is 4. The number of carbonyl (C=O) groups excluding carboxylic acids is 1. The summed E-state index contributed by atoms with van der Waals surface area (Å²) in [4.78, 5) is 16.4. The van der Waals surface area contributed by atoms with Gasteiger partial charge in [0, 0.05) is 18.8 Å². The zero-order chi connectivity index (χ0) is 15.3. The molecule has 0 saturated carbocycles. The van der Waals surface area contributed by atoms with E-state index in [-0.39, 0.29) is 5.91 Å². The molecule has 0 N–H and O–H groups in total. The molecule has 3 heterocycles. The zero-order valence-corrected chi connectivity index (χ0v) is 13.4. The van der Waals surface area contributed by atoms with Crippen molar-refractivity contribution in [2.75, 3.05) is 6.54 Å². The molecule has 6 heteroatoms. The van der Waals surface area contributed by atoms with Crippen LogP contribution in [0.25, 0.3) is 4.96 Å². The molecular weight excluding hydrogens is 296 g/mol. The molecule has 1 aliphatic heterocycles. The van der Waals surface area contributed by atoms with Crippen molar-refractivity contribution in [2.45, 2.75) is 26.8 Å². The van der Waals surface area contributed by atoms with E-state index in [4.69, 9.17) is 0 Å². The lowest BCUT2D eigenvalue weighted by atomic mass is 10.00. The molecule has 1 aromatic carbocycles. The summed E-state index contributed by atoms with van der Waals surface area (Å²) >= 11 is 1.43. The highest BCUT2D eigenvalue weighted by atomic mass is 32.1. The van der Waals surface area contributed by atoms with Gasteiger partial charge in [-0.25, -0.2) is 0 Å². The molecule has 4 rings (SSSR count). The third-order valence-corrected chi connectivity index (χ3v) is 5.39. The minimum atomic E-state index is 0.0990. The maximum Gasteiger partial charge on any atom is 0.266 e. The van der Waals surface area contributed by atoms with Gasteiger partial charge in [-0.3, -0.25) is 9.20 Å². The Balaban J connectivity index is 1.68. The normalized spacial score (nSPS) is 14.4. The summed E-state index contributed by atoms with van der Waals surface area (Å²) < 4.78 is 1.95. The molecule has 0 spiro atoms. The molecule has 0 radical (unpaired) electrons. The van der Waals surface area contributed by atoms with Crippen molar-refractivity contribution in [1.29, 1.82) is 0 Å². The van der Waals surface area contributed by atoms with Gasteiger partial charge in [-0.2, -0.15) is 0 Å². The zero-order valence-electron chi connectivity index (χ0n) is 12.5. The van der Waals surface area contributed by atoms with E-state index in [2.05, 4.69) is 28.4 Å². The van der Waals surface area contributed by atoms with Crippen molar-refractivity contribution in [2.24, 2.45) is 0 Å². The van der Waals surface area contributed by atoms with E-state index in [1.54, 1.807) is 0 Å². The summed E-state index contributed by atoms with van der Waals surface area (Å²) in [6.07, 6.45) is 0.921. The first-order valence-electron chi connectivity index (χ1n) is 7.32. The van der Waals surface area contributed by atoms with Crippen LogP contribution in [0.4, 0.5) is 0 Å². The first kappa shape index (κ1) is 13.5. The fourth-order valence-electron chi connectivity index (χ4n) is 3.07. The molecule has 1 aliphatic rings. The van der Waals surface area contributed by atoms with Crippen LogP contribution in [0.15, 0.2) is 24.3 Å². The van der Waals surface area contributed by atoms with Gasteiger partial charge in [0.2, 0.25) is 4.96 Å². The lowest BCUT2D eigenvalue weighted by Crippen LogP contribution is -2.35. The molecule has 112 valence electrons. The van der Waals surface area contributed by atoms with Gasteiger partial charge in [0.1, 0.15) is 10.7 Å². The third-order valence-electron chi connectivity index (χ3n) is 4.26. The van der Waals surface area contributed by atoms with Gasteiger partial charge in [0.15, 0.2) is 0 Å². The van der Waals surface area contributed by atoms with Crippen molar-refractivity contribution in [3.8, 4) is 0 Å². The Hall–Kier alpha value is -2.21. The summed E-state index contributed by atoms with van der Waals surface area (Å²) in [6, 6.07) is 8.35. The van der Waals surface area contributed by atoms with Gasteiger partial charge in [-0.05, 0) is 31.4 Å². The molecular formula is C16H16N4OS. The highest BCUT2D eigenvalue weighted by molar-refractivity contribution is 7.19. The summed E-state index contributed by atoms with van der Waals surface area (Å²) in [7, 11) is 0. The van der Waals surface area contributed by atoms with Gasteiger partial charge < -0.3 is 4.90 Å². The highest BCUT2D eigenvalue weighted by Crippen LogP contribution is 2.26. The van der Waals surface area contributed by atoms with Crippen LogP contribution >= 0.6 is 11.3 Å². The van der Waals surface area contributed by atoms with Crippen LogP contribution in [0.1, 0.15) is 32.3 Å². The minimum absolute atomic E-state index is 0.0990. The van der Waals surface area contributed by atoms with Crippen molar-refractivity contribution in [3.63, 3.8) is 0 Å². The average Bonchev–Trinajstić information content (AvgIpc) is 3.07. The number of hydrogen-bond acceptors (Lipinski definition) is 4. The second kappa shape index (κ2) is 4.91. The summed E-state index contributed by atoms with van der Waals surface area (Å²) in [6.45, 7) is 5.33. The van der Waals surface area contributed by atoms with E-state index < -0.39 is 0 Å². The van der Waals surface area contributed by atoms with E-state index >= 15 is 0 Å². The van der Waals surface area contributed by atoms with E-state index in [1.165, 1.54) is 22.5 Å². The summed E-state index contributed by atoms with van der Waals surface area (Å²) in [5.41, 5.74) is 3.54. The smallest absolute Gasteiger partial charge is 0.266 e. The Morgan fingerprint density at radius 3 is 2.73 bits per heavy atom. The number of aryl methyl sites for hydroxylation is 2. The molecule has 1 amide bonds. The fraction of sp³-hybridized carbons (Fsp3) is 0.312. The quantitative estimate of drug-likeness (QED) is 0.694. The molecule has 0 fully saturated rings. The van der Waals surface area contributed by atoms with Crippen molar-refractivity contribution in [3.05, 3.63) is 51.8 Å². The van der Waals surface area contributed by atoms with E-state index in [9.17, 15) is 4.79 Å². The van der Waals surface area contributed by atoms with Crippen LogP contribution in [-0.4, -0.2) is 31.9 Å². The van der Waals surface area contributed by atoms with Gasteiger partial charge in [-0.1, -0.05) is 35.6 Å². The first-order chi connectivity index (χ1) is 10.6. The van der Waals surface area contributed by atoms with Gasteiger partial charge >= 0.3 is 0 Å². The maximum absolute atomic E-state index is 12.9. The van der Waals surface area contributed by atoms with Crippen LogP contribution in [0.5, 0.6) is 0 Å². The lowest BCUT2D eigenvalue weighted by molar-refractivity contribution is 0.0738. The average molecular weight is 312 g/mol. The number of hydrogen-bond donors (Lipinski definition) is 0. The second-order valence-corrected chi connectivity index (χ2v) is 6.60. The first-order valence-corrected chi connectivity index (χ1v) is 8.14. The Morgan fingerprint density at radius 2 is 1.95 bits per heavy atom. The van der Waals surface area contributed by atoms with E-state index in [1.807, 2.05) is 29.2 Å². The van der Waals surface area contributed by atoms with E-state index in [0.29, 0.717) is 6.54 Å². The number of carbonyl (C=O) groups is 1. The topological polar surface area (TPSA) is 50.5 Å². The number of aromatic nitrogens is 3. The second-order valence-electron chi connectivity index (χ2n) is 5.63. The Kier molecular flexibility index (Phi) is 3.00. The van der Waals surface area contributed by atoms with Crippen LogP contribution in [0, 0.1) is 13.8 Å². The molecule has 5 nitrogen and oxygen atoms in total. The van der Waals surface area contributed by atoms with Crippen molar-refractivity contribution in [1.82, 2.24) is 19.5 Å². The fourth-order valence-corrected chi connectivity index (χ4v) is 4.15. The van der Waals surface area contributed by atoms with Crippen molar-refractivity contribution < 1.29 is 4.79 Å². The number of rotatable bonds is 1. The number of benzene rings is 1. The standard InChI is InChI=1S/C16H16N4OS/c1-10-14(22-16-18-17-11(2)20(10)16)15(21)19-8-7-12-5-3-4-6-13(12)9-19/h3-6H,7-9H2,1-2H3. The van der Waals surface area contributed by atoms with Gasteiger partial charge in [-0.15, -0.1) is 10.2 Å². The Labute approximate surface area is 132 Å². The van der Waals surface area contributed by atoms with Crippen LogP contribution in [0.2, 0.25) is 0 Å². The van der Waals surface area contributed by atoms with Crippen molar-refractivity contribution >= 4 is 22.2 Å². The Morgan fingerprint density at radius 1 is 1.18 bits per heavy atom. The minimum Gasteiger partial charge on any atom is -0.333 e. The predicted molar refractivity (Wildman–Crippen MR) is 85.2 cm³/mol. The number of fused-ring (bicyclic) bond motifs is 2. The molecule has 2 aromatic heterocycles. The Bertz CT molecular complexity index is 880. The summed E-state index contributed by atoms with van der Waals surface area (Å²) in [5.74, 6) is 0.925. The molecule has 0 unspecified atom stereocenters. The highest BCUT2D eigenvalue weighted by Gasteiger charge is 2.26. The number of thiazole rings is 1. The monoisotopic (exact) mass is 312 g/mol. The van der Waals surface area contributed by atoms with Gasteiger partial charge in [0.05, 0.1) is 0 Å². The molecule has 0 saturated heterocycles. The lowest BCUT2D eigenvalue weighted by Gasteiger charge is -2.28. The largest absolute Gasteiger partial charge is 0.333 e. The maximum atomic E-state index is 12.9. The molecule has 0 bridgehead atoms. The summed E-state index contributed by atoms with van der Waals surface area (Å²) in [5, 5.41) is 8.18. The molecule has 0 aliphatic carbocycles. The molecule has 0 atom stereocenters. The SMILES string of the molecule is Cc1nnc2sc(C(=O)N3CCc4ccccc4C3)c(C)n12. The van der Waals surface area contributed by atoms with Gasteiger partial charge in [0.25, 0.3) is 5.91 Å². The predicted octanol–water partition coefficient (Wildman–Crippen LogP) is 2.61. The van der Waals surface area contributed by atoms with Crippen LogP contribution < -0.4 is 0 Å². The van der Waals surface area contributed by atoms with Crippen LogP contribution in [0.3, 0.4) is 0 Å². The third kappa shape index (κ3) is 1.94. The molecule has 22 heavy (non-hydrogen) atoms. The van der Waals surface area contributed by atoms with Crippen LogP contribution in [-0.2, 0) is 13.0 Å². The number of amides is 1. The van der Waals surface area contributed by atoms with E-state index in [0.717, 1.165) is 34.3 Å².